The number of aliphatic hydroxyl groups is 9. The molecule has 20 atom stereocenters. The fourth-order valence-corrected chi connectivity index (χ4v) is 18.0. The van der Waals surface area contributed by atoms with E-state index in [1.165, 1.54) is 0 Å². The minimum absolute atomic E-state index is 0.00368. The van der Waals surface area contributed by atoms with Crippen LogP contribution in [0.4, 0.5) is 0 Å². The highest BCUT2D eigenvalue weighted by atomic mass is 16.5. The van der Waals surface area contributed by atoms with Crippen LogP contribution in [0.3, 0.4) is 0 Å². The number of nitrogens with two attached hydrogens (primary N) is 1. The standard InChI is InChI=1S/C55H85N3O11/c1-3-8-31-12-15-35-41(16-13-31)69-49-44(35)37(60)11-7-20-55(49,68)50(2,65)42-19-22-54(67)45-46(58-29-40(63)32-9-5-4-6-10-32)47(64)36-25-38(61)39(62)27-51(36)26-33(34-14-17-43(56)57-28-34)18-21-53(66,48(45)51)30-52(42,54)23-24-59/h14,17-18,21,28,31-33,35-44,48-49,57-63,65-68H,3-13,15-16,19-20,22-27,29-30,56H2,1-2H3. The molecule has 8 aliphatic carbocycles. The average molecular weight is 964 g/mol. The number of hydrogen-bond donors (Lipinski definition) is 12. The number of fused-ring (bicyclic) bond motifs is 5. The molecular formula is C55H85N3O11. The van der Waals surface area contributed by atoms with E-state index in [0.29, 0.717) is 25.2 Å². The lowest BCUT2D eigenvalue weighted by molar-refractivity contribution is -0.267. The fraction of sp³-hybridized carbons (Fsp3) is 0.836. The summed E-state index contributed by atoms with van der Waals surface area (Å²) in [7, 11) is 0. The second kappa shape index (κ2) is 18.6. The molecule has 0 amide bonds. The van der Waals surface area contributed by atoms with Crippen LogP contribution >= 0.6 is 0 Å². The molecule has 2 heterocycles. The monoisotopic (exact) mass is 964 g/mol. The Hall–Kier alpha value is -2.21. The van der Waals surface area contributed by atoms with Crippen LogP contribution in [0, 0.1) is 58.2 Å². The van der Waals surface area contributed by atoms with Crippen molar-refractivity contribution < 1.29 is 55.5 Å². The summed E-state index contributed by atoms with van der Waals surface area (Å²) in [4.78, 5) is 15.8. The second-order valence-electron chi connectivity index (χ2n) is 24.6. The van der Waals surface area contributed by atoms with Gasteiger partial charge in [-0.1, -0.05) is 63.7 Å². The molecular weight excluding hydrogens is 879 g/mol. The van der Waals surface area contributed by atoms with Gasteiger partial charge in [-0.2, -0.15) is 0 Å². The van der Waals surface area contributed by atoms with Gasteiger partial charge in [0.15, 0.2) is 5.78 Å². The summed E-state index contributed by atoms with van der Waals surface area (Å²) in [6.07, 6.45) is 15.8. The van der Waals surface area contributed by atoms with E-state index in [4.69, 9.17) is 10.5 Å². The first kappa shape index (κ1) is 50.3. The Balaban J connectivity index is 1.12. The number of ether oxygens (including phenoxy) is 1. The van der Waals surface area contributed by atoms with E-state index in [2.05, 4.69) is 17.6 Å². The van der Waals surface area contributed by atoms with E-state index in [0.717, 1.165) is 76.2 Å². The third-order valence-electron chi connectivity index (χ3n) is 21.2. The summed E-state index contributed by atoms with van der Waals surface area (Å²) in [5.41, 5.74) is -3.03. The molecule has 13 N–H and O–H groups in total. The topological polar surface area (TPSA) is 258 Å². The van der Waals surface area contributed by atoms with Crippen molar-refractivity contribution in [2.75, 3.05) is 13.2 Å². The molecule has 7 fully saturated rings. The maximum Gasteiger partial charge on any atom is 0.182 e. The van der Waals surface area contributed by atoms with Crippen molar-refractivity contribution >= 4 is 5.78 Å². The molecule has 6 saturated carbocycles. The number of rotatable bonds is 11. The Morgan fingerprint density at radius 1 is 0.942 bits per heavy atom. The lowest BCUT2D eigenvalue weighted by Gasteiger charge is -2.67. The summed E-state index contributed by atoms with van der Waals surface area (Å²) < 4.78 is 7.02. The number of Topliss-reactive ketones (excluding diaryl/α,β-unsaturated/α-hetero) is 1. The maximum absolute atomic E-state index is 15.8. The minimum atomic E-state index is -2.01. The molecule has 2 aliphatic heterocycles. The summed E-state index contributed by atoms with van der Waals surface area (Å²) >= 11 is 0. The summed E-state index contributed by atoms with van der Waals surface area (Å²) in [5.74, 6) is -3.39. The Labute approximate surface area is 408 Å². The molecule has 0 bridgehead atoms. The number of carbonyl (C=O) groups is 1. The number of hydrogen-bond acceptors (Lipinski definition) is 14. The van der Waals surface area contributed by atoms with E-state index < -0.39 is 100 Å². The molecule has 10 rings (SSSR count). The van der Waals surface area contributed by atoms with Gasteiger partial charge in [-0.05, 0) is 150 Å². The van der Waals surface area contributed by atoms with Crippen LogP contribution in [0.2, 0.25) is 0 Å². The van der Waals surface area contributed by atoms with Crippen LogP contribution in [-0.4, -0.2) is 130 Å². The Bertz CT molecular complexity index is 2060. The molecule has 0 aromatic rings. The first-order valence-electron chi connectivity index (χ1n) is 27.4. The smallest absolute Gasteiger partial charge is 0.182 e. The summed E-state index contributed by atoms with van der Waals surface area (Å²) in [6.45, 7) is 3.43. The van der Waals surface area contributed by atoms with Crippen LogP contribution in [0.5, 0.6) is 0 Å². The number of carbonyl (C=O) groups excluding carboxylic acids is 1. The van der Waals surface area contributed by atoms with Gasteiger partial charge in [0.1, 0.15) is 5.60 Å². The Morgan fingerprint density at radius 2 is 1.71 bits per heavy atom. The van der Waals surface area contributed by atoms with Crippen LogP contribution in [-0.2, 0) is 9.53 Å². The largest absolute Gasteiger partial charge is 0.396 e. The SMILES string of the molecule is CCCC1CCC2OC3C(C(O)CCCC3(O)C(C)(O)C3CCC4(O)C5=C(NCC(O)C6CCCCC6)C(=O)C6CC(O)C(O)CC67CC(C6=CNC(N)C=C6)C=CC(O)(CC34CCO)C57)C2CC1. The molecule has 1 saturated heterocycles. The highest BCUT2D eigenvalue weighted by Gasteiger charge is 2.79. The van der Waals surface area contributed by atoms with E-state index in [-0.39, 0.29) is 92.4 Å². The molecule has 0 aromatic heterocycles. The number of ketones is 1. The van der Waals surface area contributed by atoms with Crippen molar-refractivity contribution in [1.29, 1.82) is 0 Å². The van der Waals surface area contributed by atoms with Crippen LogP contribution < -0.4 is 16.4 Å². The van der Waals surface area contributed by atoms with Gasteiger partial charge in [-0.3, -0.25) is 4.79 Å². The zero-order valence-corrected chi connectivity index (χ0v) is 41.2. The number of nitrogens with one attached hydrogen (secondary N) is 2. The number of aliphatic hydroxyl groups excluding tert-OH is 5. The van der Waals surface area contributed by atoms with Gasteiger partial charge in [0.05, 0.1) is 65.3 Å². The normalized spacial score (nSPS) is 48.8. The van der Waals surface area contributed by atoms with E-state index in [9.17, 15) is 46.0 Å². The molecule has 14 heteroatoms. The van der Waals surface area contributed by atoms with Gasteiger partial charge >= 0.3 is 0 Å². The van der Waals surface area contributed by atoms with E-state index in [1.807, 2.05) is 24.4 Å². The molecule has 0 radical (unpaired) electrons. The third-order valence-corrected chi connectivity index (χ3v) is 21.2. The zero-order valence-electron chi connectivity index (χ0n) is 41.2. The van der Waals surface area contributed by atoms with Gasteiger partial charge in [0.2, 0.25) is 0 Å². The lowest BCUT2D eigenvalue weighted by Crippen LogP contribution is -2.73. The van der Waals surface area contributed by atoms with Crippen LogP contribution in [0.15, 0.2) is 47.3 Å². The quantitative estimate of drug-likeness (QED) is 0.132. The zero-order chi connectivity index (χ0) is 48.9. The van der Waals surface area contributed by atoms with E-state index in [1.54, 1.807) is 13.0 Å². The van der Waals surface area contributed by atoms with Gasteiger partial charge in [-0.15, -0.1) is 0 Å². The molecule has 386 valence electrons. The van der Waals surface area contributed by atoms with E-state index >= 15 is 4.79 Å². The predicted molar refractivity (Wildman–Crippen MR) is 258 cm³/mol. The summed E-state index contributed by atoms with van der Waals surface area (Å²) in [5, 5.41) is 121. The van der Waals surface area contributed by atoms with Gasteiger partial charge in [0.25, 0.3) is 0 Å². The minimum Gasteiger partial charge on any atom is -0.396 e. The molecule has 0 aromatic carbocycles. The van der Waals surface area contributed by atoms with Crippen molar-refractivity contribution in [1.82, 2.24) is 10.6 Å². The highest BCUT2D eigenvalue weighted by molar-refractivity contribution is 6.00. The Kier molecular flexibility index (Phi) is 13.6. The first-order chi connectivity index (χ1) is 32.9. The predicted octanol–water partition coefficient (Wildman–Crippen LogP) is 3.65. The highest BCUT2D eigenvalue weighted by Crippen LogP contribution is 2.75. The number of allylic oxidation sites excluding steroid dienone is 4. The van der Waals surface area contributed by atoms with Crippen molar-refractivity contribution in [3.63, 3.8) is 0 Å². The first-order valence-corrected chi connectivity index (χ1v) is 27.4. The second-order valence-corrected chi connectivity index (χ2v) is 24.6. The Morgan fingerprint density at radius 3 is 2.43 bits per heavy atom. The maximum atomic E-state index is 15.8. The van der Waals surface area contributed by atoms with Crippen molar-refractivity contribution in [2.24, 2.45) is 63.9 Å². The molecule has 10 aliphatic rings. The molecule has 20 unspecified atom stereocenters. The van der Waals surface area contributed by atoms with Crippen LogP contribution in [0.25, 0.3) is 0 Å². The van der Waals surface area contributed by atoms with Crippen molar-refractivity contribution in [3.8, 4) is 0 Å². The lowest BCUT2D eigenvalue weighted by atomic mass is 9.39. The van der Waals surface area contributed by atoms with Gasteiger partial charge in [0, 0.05) is 48.4 Å². The average Bonchev–Trinajstić information content (AvgIpc) is 3.66. The van der Waals surface area contributed by atoms with Crippen molar-refractivity contribution in [3.05, 3.63) is 47.3 Å². The summed E-state index contributed by atoms with van der Waals surface area (Å²) in [6, 6.07) is 0. The number of dihydropyridines is 1. The van der Waals surface area contributed by atoms with Crippen LogP contribution in [0.1, 0.15) is 149 Å². The van der Waals surface area contributed by atoms with Gasteiger partial charge < -0.3 is 67.1 Å². The third kappa shape index (κ3) is 7.84. The molecule has 1 spiro atoms. The van der Waals surface area contributed by atoms with Crippen molar-refractivity contribution in [2.45, 2.75) is 214 Å². The molecule has 14 nitrogen and oxygen atoms in total. The fourth-order valence-electron chi connectivity index (χ4n) is 18.0. The molecule has 69 heavy (non-hydrogen) atoms. The van der Waals surface area contributed by atoms with Gasteiger partial charge in [-0.25, -0.2) is 0 Å².